The molecular weight excluding hydrogens is 205 g/mol. The highest BCUT2D eigenvalue weighted by molar-refractivity contribution is 5.66. The highest BCUT2D eigenvalue weighted by Gasteiger charge is 2.04. The monoisotopic (exact) mass is 217 g/mol. The predicted molar refractivity (Wildman–Crippen MR) is 60.3 cm³/mol. The summed E-state index contributed by atoms with van der Waals surface area (Å²) in [6, 6.07) is 6.49. The molecule has 0 bridgehead atoms. The Hall–Kier alpha value is -1.74. The molecule has 0 spiro atoms. The predicted octanol–water partition coefficient (Wildman–Crippen LogP) is 2.69. The fraction of sp³-hybridized carbons (Fsp3) is 0.154. The molecule has 0 aliphatic carbocycles. The van der Waals surface area contributed by atoms with Crippen LogP contribution in [0.5, 0.6) is 0 Å². The fourth-order valence-electron chi connectivity index (χ4n) is 1.67. The molecule has 0 unspecified atom stereocenters. The lowest BCUT2D eigenvalue weighted by atomic mass is 10.0. The third-order valence-electron chi connectivity index (χ3n) is 2.48. The Morgan fingerprint density at radius 2 is 2.06 bits per heavy atom. The molecule has 82 valence electrons. The Morgan fingerprint density at radius 3 is 2.75 bits per heavy atom. The van der Waals surface area contributed by atoms with Gasteiger partial charge in [-0.1, -0.05) is 6.07 Å². The lowest BCUT2D eigenvalue weighted by molar-refractivity contribution is 0.281. The summed E-state index contributed by atoms with van der Waals surface area (Å²) in [5.41, 5.74) is 3.44. The Kier molecular flexibility index (Phi) is 2.97. The lowest BCUT2D eigenvalue weighted by Gasteiger charge is -2.06. The average molecular weight is 217 g/mol. The van der Waals surface area contributed by atoms with Crippen LogP contribution in [-0.4, -0.2) is 10.1 Å². The van der Waals surface area contributed by atoms with E-state index in [4.69, 9.17) is 5.11 Å². The SMILES string of the molecule is Cc1cc(F)ccc1-c1cncc(CO)c1. The Morgan fingerprint density at radius 1 is 1.25 bits per heavy atom. The fourth-order valence-corrected chi connectivity index (χ4v) is 1.67. The van der Waals surface area contributed by atoms with Crippen molar-refractivity contribution in [2.75, 3.05) is 0 Å². The summed E-state index contributed by atoms with van der Waals surface area (Å²) in [5.74, 6) is -0.243. The van der Waals surface area contributed by atoms with Crippen LogP contribution in [0.4, 0.5) is 4.39 Å². The van der Waals surface area contributed by atoms with E-state index in [-0.39, 0.29) is 12.4 Å². The van der Waals surface area contributed by atoms with Gasteiger partial charge in [0.05, 0.1) is 6.61 Å². The number of hydrogen-bond donors (Lipinski definition) is 1. The van der Waals surface area contributed by atoms with Gasteiger partial charge in [0, 0.05) is 18.0 Å². The van der Waals surface area contributed by atoms with Gasteiger partial charge in [0.25, 0.3) is 0 Å². The van der Waals surface area contributed by atoms with Crippen LogP contribution in [0, 0.1) is 12.7 Å². The Labute approximate surface area is 93.4 Å². The molecule has 1 aromatic carbocycles. The summed E-state index contributed by atoms with van der Waals surface area (Å²) >= 11 is 0. The number of nitrogens with zero attached hydrogens (tertiary/aromatic N) is 1. The first-order chi connectivity index (χ1) is 7.70. The second kappa shape index (κ2) is 4.41. The zero-order valence-electron chi connectivity index (χ0n) is 8.94. The summed E-state index contributed by atoms with van der Waals surface area (Å²) in [4.78, 5) is 4.04. The van der Waals surface area contributed by atoms with Gasteiger partial charge in [0.2, 0.25) is 0 Å². The van der Waals surface area contributed by atoms with Crippen LogP contribution >= 0.6 is 0 Å². The number of halogens is 1. The van der Waals surface area contributed by atoms with Crippen LogP contribution in [0.15, 0.2) is 36.7 Å². The molecule has 0 aliphatic heterocycles. The van der Waals surface area contributed by atoms with Gasteiger partial charge in [-0.05, 0) is 41.8 Å². The van der Waals surface area contributed by atoms with Crippen LogP contribution in [0.25, 0.3) is 11.1 Å². The van der Waals surface area contributed by atoms with Gasteiger partial charge >= 0.3 is 0 Å². The third-order valence-corrected chi connectivity index (χ3v) is 2.48. The number of benzene rings is 1. The van der Waals surface area contributed by atoms with Crippen LogP contribution in [0.1, 0.15) is 11.1 Å². The van der Waals surface area contributed by atoms with Crippen LogP contribution in [-0.2, 0) is 6.61 Å². The summed E-state index contributed by atoms with van der Waals surface area (Å²) in [6.45, 7) is 1.81. The number of aliphatic hydroxyl groups excluding tert-OH is 1. The van der Waals surface area contributed by atoms with Crippen molar-refractivity contribution < 1.29 is 9.50 Å². The molecule has 1 N–H and O–H groups in total. The smallest absolute Gasteiger partial charge is 0.123 e. The second-order valence-electron chi connectivity index (χ2n) is 3.70. The zero-order chi connectivity index (χ0) is 11.5. The molecular formula is C13H12FNO. The Balaban J connectivity index is 2.49. The number of hydrogen-bond acceptors (Lipinski definition) is 2. The molecule has 0 saturated carbocycles. The third kappa shape index (κ3) is 2.09. The minimum atomic E-state index is -0.243. The summed E-state index contributed by atoms with van der Waals surface area (Å²) in [5, 5.41) is 9.02. The van der Waals surface area contributed by atoms with Crippen molar-refractivity contribution in [2.45, 2.75) is 13.5 Å². The minimum absolute atomic E-state index is 0.0406. The van der Waals surface area contributed by atoms with Crippen molar-refractivity contribution in [1.82, 2.24) is 4.98 Å². The maximum absolute atomic E-state index is 13.0. The Bertz CT molecular complexity index is 511. The summed E-state index contributed by atoms with van der Waals surface area (Å²) < 4.78 is 13.0. The van der Waals surface area contributed by atoms with Crippen molar-refractivity contribution in [1.29, 1.82) is 0 Å². The topological polar surface area (TPSA) is 33.1 Å². The first-order valence-corrected chi connectivity index (χ1v) is 5.02. The average Bonchev–Trinajstić information content (AvgIpc) is 2.29. The minimum Gasteiger partial charge on any atom is -0.392 e. The van der Waals surface area contributed by atoms with Crippen molar-refractivity contribution in [2.24, 2.45) is 0 Å². The normalized spacial score (nSPS) is 10.4. The maximum Gasteiger partial charge on any atom is 0.123 e. The van der Waals surface area contributed by atoms with Crippen molar-refractivity contribution in [3.8, 4) is 11.1 Å². The number of aryl methyl sites for hydroxylation is 1. The zero-order valence-corrected chi connectivity index (χ0v) is 8.94. The van der Waals surface area contributed by atoms with E-state index in [0.717, 1.165) is 22.3 Å². The standard InChI is InChI=1S/C13H12FNO/c1-9-4-12(14)2-3-13(9)11-5-10(8-16)6-15-7-11/h2-7,16H,8H2,1H3. The molecule has 2 rings (SSSR count). The van der Waals surface area contributed by atoms with E-state index in [1.54, 1.807) is 18.5 Å². The molecule has 1 heterocycles. The van der Waals surface area contributed by atoms with Gasteiger partial charge < -0.3 is 5.11 Å². The van der Waals surface area contributed by atoms with Gasteiger partial charge in [0.1, 0.15) is 5.82 Å². The number of pyridine rings is 1. The summed E-state index contributed by atoms with van der Waals surface area (Å²) in [6.07, 6.45) is 3.32. The van der Waals surface area contributed by atoms with Crippen LogP contribution < -0.4 is 0 Å². The van der Waals surface area contributed by atoms with Gasteiger partial charge in [-0.25, -0.2) is 4.39 Å². The molecule has 0 radical (unpaired) electrons. The quantitative estimate of drug-likeness (QED) is 0.839. The van der Waals surface area contributed by atoms with E-state index in [1.807, 2.05) is 13.0 Å². The van der Waals surface area contributed by atoms with Gasteiger partial charge in [-0.2, -0.15) is 0 Å². The number of rotatable bonds is 2. The number of aromatic nitrogens is 1. The molecule has 2 nitrogen and oxygen atoms in total. The van der Waals surface area contributed by atoms with E-state index >= 15 is 0 Å². The first kappa shape index (κ1) is 10.8. The molecule has 0 fully saturated rings. The van der Waals surface area contributed by atoms with Crippen molar-refractivity contribution in [3.63, 3.8) is 0 Å². The van der Waals surface area contributed by atoms with Gasteiger partial charge in [-0.3, -0.25) is 4.98 Å². The highest BCUT2D eigenvalue weighted by Crippen LogP contribution is 2.23. The molecule has 3 heteroatoms. The first-order valence-electron chi connectivity index (χ1n) is 5.02. The molecule has 16 heavy (non-hydrogen) atoms. The van der Waals surface area contributed by atoms with E-state index in [1.165, 1.54) is 12.1 Å². The van der Waals surface area contributed by atoms with E-state index in [2.05, 4.69) is 4.98 Å². The second-order valence-corrected chi connectivity index (χ2v) is 3.70. The van der Waals surface area contributed by atoms with Crippen molar-refractivity contribution in [3.05, 3.63) is 53.6 Å². The molecule has 2 aromatic rings. The number of aliphatic hydroxyl groups is 1. The molecule has 0 aliphatic rings. The van der Waals surface area contributed by atoms with E-state index < -0.39 is 0 Å². The van der Waals surface area contributed by atoms with Crippen LogP contribution in [0.2, 0.25) is 0 Å². The largest absolute Gasteiger partial charge is 0.392 e. The lowest BCUT2D eigenvalue weighted by Crippen LogP contribution is -1.90. The summed E-state index contributed by atoms with van der Waals surface area (Å²) in [7, 11) is 0. The van der Waals surface area contributed by atoms with Crippen molar-refractivity contribution >= 4 is 0 Å². The van der Waals surface area contributed by atoms with E-state index in [0.29, 0.717) is 0 Å². The van der Waals surface area contributed by atoms with E-state index in [9.17, 15) is 4.39 Å². The van der Waals surface area contributed by atoms with Gasteiger partial charge in [-0.15, -0.1) is 0 Å². The highest BCUT2D eigenvalue weighted by atomic mass is 19.1. The molecule has 0 amide bonds. The molecule has 0 atom stereocenters. The van der Waals surface area contributed by atoms with Gasteiger partial charge in [0.15, 0.2) is 0 Å². The van der Waals surface area contributed by atoms with Crippen LogP contribution in [0.3, 0.4) is 0 Å². The molecule has 1 aromatic heterocycles. The molecule has 0 saturated heterocycles. The maximum atomic E-state index is 13.0.